The van der Waals surface area contributed by atoms with Gasteiger partial charge in [-0.3, -0.25) is 9.59 Å². The highest BCUT2D eigenvalue weighted by Crippen LogP contribution is 2.45. The molecule has 2 aliphatic rings. The molecule has 2 atom stereocenters. The number of hydrogen-bond donors (Lipinski definition) is 1. The predicted molar refractivity (Wildman–Crippen MR) is 94.8 cm³/mol. The molecule has 136 valence electrons. The number of carbonyl (C=O) groups is 2. The van der Waals surface area contributed by atoms with Gasteiger partial charge < -0.3 is 14.7 Å². The Bertz CT molecular complexity index is 678. The second kappa shape index (κ2) is 6.70. The number of methoxy groups -OCH3 is 1. The number of nitrogens with zero attached hydrogens (tertiary/aromatic N) is 1. The van der Waals surface area contributed by atoms with Gasteiger partial charge in [0, 0.05) is 12.6 Å². The molecule has 1 aliphatic carbocycles. The molecule has 25 heavy (non-hydrogen) atoms. The SMILES string of the molecule is COc1cc(C2(C(=O)N3CCC(C(=O)O)C3C)CCCC2)ccc1C. The predicted octanol–water partition coefficient (Wildman–Crippen LogP) is 3.14. The molecule has 1 aliphatic heterocycles. The minimum absolute atomic E-state index is 0.0900. The molecular weight excluding hydrogens is 318 g/mol. The molecular formula is C20H27NO4. The number of benzene rings is 1. The Kier molecular flexibility index (Phi) is 4.76. The monoisotopic (exact) mass is 345 g/mol. The maximum Gasteiger partial charge on any atom is 0.308 e. The van der Waals surface area contributed by atoms with Gasteiger partial charge in [0.2, 0.25) is 5.91 Å². The highest BCUT2D eigenvalue weighted by molar-refractivity contribution is 5.90. The van der Waals surface area contributed by atoms with Crippen molar-refractivity contribution in [3.8, 4) is 5.75 Å². The molecule has 5 heteroatoms. The van der Waals surface area contributed by atoms with E-state index in [1.54, 1.807) is 12.0 Å². The van der Waals surface area contributed by atoms with Gasteiger partial charge in [-0.05, 0) is 50.3 Å². The third kappa shape index (κ3) is 2.90. The highest BCUT2D eigenvalue weighted by atomic mass is 16.5. The number of ether oxygens (including phenoxy) is 1. The molecule has 3 rings (SSSR count). The summed E-state index contributed by atoms with van der Waals surface area (Å²) >= 11 is 0. The zero-order chi connectivity index (χ0) is 18.2. The van der Waals surface area contributed by atoms with E-state index >= 15 is 0 Å². The van der Waals surface area contributed by atoms with Crippen molar-refractivity contribution in [2.24, 2.45) is 5.92 Å². The maximum absolute atomic E-state index is 13.5. The van der Waals surface area contributed by atoms with Gasteiger partial charge in [0.1, 0.15) is 5.75 Å². The molecule has 2 unspecified atom stereocenters. The van der Waals surface area contributed by atoms with Crippen LogP contribution < -0.4 is 4.74 Å². The molecule has 0 bridgehead atoms. The number of carboxylic acids is 1. The van der Waals surface area contributed by atoms with Crippen LogP contribution in [0.3, 0.4) is 0 Å². The van der Waals surface area contributed by atoms with E-state index in [9.17, 15) is 14.7 Å². The highest BCUT2D eigenvalue weighted by Gasteiger charge is 2.49. The second-order valence-electron chi connectivity index (χ2n) is 7.45. The average Bonchev–Trinajstić information content (AvgIpc) is 3.22. The number of hydrogen-bond acceptors (Lipinski definition) is 3. The fraction of sp³-hybridized carbons (Fsp3) is 0.600. The Morgan fingerprint density at radius 1 is 1.28 bits per heavy atom. The minimum Gasteiger partial charge on any atom is -0.496 e. The second-order valence-corrected chi connectivity index (χ2v) is 7.45. The standard InChI is InChI=1S/C20H27NO4/c1-13-6-7-15(12-17(13)25-3)20(9-4-5-10-20)19(24)21-11-8-16(14(21)2)18(22)23/h6-7,12,14,16H,4-5,8-11H2,1-3H3,(H,22,23). The van der Waals surface area contributed by atoms with Crippen molar-refractivity contribution in [2.75, 3.05) is 13.7 Å². The Hall–Kier alpha value is -2.04. The average molecular weight is 345 g/mol. The van der Waals surface area contributed by atoms with Crippen LogP contribution in [0.25, 0.3) is 0 Å². The van der Waals surface area contributed by atoms with E-state index < -0.39 is 17.3 Å². The van der Waals surface area contributed by atoms with Crippen molar-refractivity contribution in [1.29, 1.82) is 0 Å². The minimum atomic E-state index is -0.805. The summed E-state index contributed by atoms with van der Waals surface area (Å²) in [4.78, 5) is 26.7. The number of carbonyl (C=O) groups excluding carboxylic acids is 1. The molecule has 0 spiro atoms. The Balaban J connectivity index is 1.96. The summed E-state index contributed by atoms with van der Waals surface area (Å²) in [6.45, 7) is 4.38. The van der Waals surface area contributed by atoms with Crippen molar-refractivity contribution >= 4 is 11.9 Å². The van der Waals surface area contributed by atoms with Crippen LogP contribution in [-0.2, 0) is 15.0 Å². The van der Waals surface area contributed by atoms with Gasteiger partial charge >= 0.3 is 5.97 Å². The van der Waals surface area contributed by atoms with E-state index in [1.807, 2.05) is 32.0 Å². The lowest BCUT2D eigenvalue weighted by atomic mass is 9.77. The molecule has 1 saturated heterocycles. The van der Waals surface area contributed by atoms with Gasteiger partial charge in [0.05, 0.1) is 18.4 Å². The molecule has 1 aromatic rings. The van der Waals surface area contributed by atoms with E-state index in [-0.39, 0.29) is 11.9 Å². The first-order valence-corrected chi connectivity index (χ1v) is 9.10. The molecule has 1 amide bonds. The van der Waals surface area contributed by atoms with Crippen LogP contribution in [-0.4, -0.2) is 41.6 Å². The van der Waals surface area contributed by atoms with Crippen molar-refractivity contribution in [3.63, 3.8) is 0 Å². The first-order valence-electron chi connectivity index (χ1n) is 9.10. The van der Waals surface area contributed by atoms with Gasteiger partial charge in [-0.2, -0.15) is 0 Å². The number of likely N-dealkylation sites (tertiary alicyclic amines) is 1. The van der Waals surface area contributed by atoms with Gasteiger partial charge in [-0.25, -0.2) is 0 Å². The van der Waals surface area contributed by atoms with Crippen LogP contribution in [0.5, 0.6) is 5.75 Å². The summed E-state index contributed by atoms with van der Waals surface area (Å²) in [6, 6.07) is 5.79. The van der Waals surface area contributed by atoms with Gasteiger partial charge in [0.15, 0.2) is 0 Å². The number of aryl methyl sites for hydroxylation is 1. The van der Waals surface area contributed by atoms with Gasteiger partial charge in [0.25, 0.3) is 0 Å². The van der Waals surface area contributed by atoms with Crippen molar-refractivity contribution in [2.45, 2.75) is 57.4 Å². The smallest absolute Gasteiger partial charge is 0.308 e. The van der Waals surface area contributed by atoms with Crippen LogP contribution in [0.1, 0.15) is 50.2 Å². The first-order chi connectivity index (χ1) is 11.9. The summed E-state index contributed by atoms with van der Waals surface area (Å²) in [7, 11) is 1.65. The van der Waals surface area contributed by atoms with Crippen LogP contribution in [0.4, 0.5) is 0 Å². The lowest BCUT2D eigenvalue weighted by Crippen LogP contribution is -2.48. The molecule has 2 fully saturated rings. The zero-order valence-electron chi connectivity index (χ0n) is 15.2. The fourth-order valence-corrected chi connectivity index (χ4v) is 4.55. The number of aliphatic carboxylic acids is 1. The van der Waals surface area contributed by atoms with E-state index in [0.29, 0.717) is 13.0 Å². The van der Waals surface area contributed by atoms with Gasteiger partial charge in [-0.1, -0.05) is 25.0 Å². The van der Waals surface area contributed by atoms with Crippen molar-refractivity contribution in [3.05, 3.63) is 29.3 Å². The van der Waals surface area contributed by atoms with Crippen LogP contribution in [0.2, 0.25) is 0 Å². The number of rotatable bonds is 4. The van der Waals surface area contributed by atoms with E-state index in [0.717, 1.165) is 42.6 Å². The molecule has 0 radical (unpaired) electrons. The third-order valence-corrected chi connectivity index (χ3v) is 6.16. The maximum atomic E-state index is 13.5. The summed E-state index contributed by atoms with van der Waals surface area (Å²) in [5, 5.41) is 9.37. The summed E-state index contributed by atoms with van der Waals surface area (Å²) in [6.07, 6.45) is 4.21. The zero-order valence-corrected chi connectivity index (χ0v) is 15.2. The molecule has 1 saturated carbocycles. The number of amides is 1. The first kappa shape index (κ1) is 17.8. The molecule has 1 aromatic carbocycles. The molecule has 1 heterocycles. The lowest BCUT2D eigenvalue weighted by molar-refractivity contribution is -0.144. The quantitative estimate of drug-likeness (QED) is 0.910. The van der Waals surface area contributed by atoms with Crippen LogP contribution >= 0.6 is 0 Å². The van der Waals surface area contributed by atoms with Crippen molar-refractivity contribution < 1.29 is 19.4 Å². The normalized spacial score (nSPS) is 25.2. The van der Waals surface area contributed by atoms with E-state index in [2.05, 4.69) is 0 Å². The van der Waals surface area contributed by atoms with Crippen molar-refractivity contribution in [1.82, 2.24) is 4.90 Å². The summed E-state index contributed by atoms with van der Waals surface area (Å²) < 4.78 is 5.46. The Morgan fingerprint density at radius 3 is 2.52 bits per heavy atom. The molecule has 1 N–H and O–H groups in total. The topological polar surface area (TPSA) is 66.8 Å². The molecule has 0 aromatic heterocycles. The van der Waals surface area contributed by atoms with E-state index in [1.165, 1.54) is 0 Å². The van der Waals surface area contributed by atoms with Crippen LogP contribution in [0.15, 0.2) is 18.2 Å². The van der Waals surface area contributed by atoms with Gasteiger partial charge in [-0.15, -0.1) is 0 Å². The Morgan fingerprint density at radius 2 is 1.96 bits per heavy atom. The largest absolute Gasteiger partial charge is 0.496 e. The van der Waals surface area contributed by atoms with Crippen LogP contribution in [0, 0.1) is 12.8 Å². The lowest BCUT2D eigenvalue weighted by Gasteiger charge is -2.35. The Labute approximate surface area is 149 Å². The van der Waals surface area contributed by atoms with E-state index in [4.69, 9.17) is 4.74 Å². The summed E-state index contributed by atoms with van der Waals surface area (Å²) in [5.41, 5.74) is 1.51. The summed E-state index contributed by atoms with van der Waals surface area (Å²) in [5.74, 6) is -0.378. The number of carboxylic acid groups (broad SMARTS) is 1. The molecule has 5 nitrogen and oxygen atoms in total. The third-order valence-electron chi connectivity index (χ3n) is 6.16. The fourth-order valence-electron chi connectivity index (χ4n) is 4.55.